The molecule has 0 radical (unpaired) electrons. The molecule has 1 heteroatoms. The van der Waals surface area contributed by atoms with E-state index in [1.165, 1.54) is 45.1 Å². The summed E-state index contributed by atoms with van der Waals surface area (Å²) in [6, 6.07) is 0. The molecule has 0 aromatic carbocycles. The molecule has 1 nitrogen and oxygen atoms in total. The lowest BCUT2D eigenvalue weighted by molar-refractivity contribution is 0.407. The Balaban J connectivity index is 2.08. The average molecular weight is 155 g/mol. The maximum Gasteiger partial charge on any atom is -0.00466 e. The van der Waals surface area contributed by atoms with Gasteiger partial charge in [-0.25, -0.2) is 0 Å². The molecule has 0 bridgehead atoms. The summed E-state index contributed by atoms with van der Waals surface area (Å²) in [6.45, 7) is 3.50. The van der Waals surface area contributed by atoms with Crippen molar-refractivity contribution in [2.45, 2.75) is 45.4 Å². The van der Waals surface area contributed by atoms with Crippen molar-refractivity contribution in [2.24, 2.45) is 5.41 Å². The Morgan fingerprint density at radius 3 is 2.45 bits per heavy atom. The standard InChI is InChI=1S/C10H21N/c1-3-4-5-10(6-7-10)8-9-11-2/h11H,3-9H2,1-2H3. The van der Waals surface area contributed by atoms with E-state index in [2.05, 4.69) is 19.3 Å². The van der Waals surface area contributed by atoms with Crippen LogP contribution < -0.4 is 5.32 Å². The summed E-state index contributed by atoms with van der Waals surface area (Å²) in [7, 11) is 2.05. The fourth-order valence-electron chi connectivity index (χ4n) is 1.74. The van der Waals surface area contributed by atoms with Crippen molar-refractivity contribution in [3.8, 4) is 0 Å². The maximum atomic E-state index is 3.24. The van der Waals surface area contributed by atoms with Crippen molar-refractivity contribution < 1.29 is 0 Å². The maximum absolute atomic E-state index is 3.24. The Bertz CT molecular complexity index is 95.4. The second-order valence-electron chi connectivity index (χ2n) is 3.96. The Labute approximate surface area is 70.6 Å². The molecule has 1 aliphatic carbocycles. The van der Waals surface area contributed by atoms with Gasteiger partial charge in [-0.15, -0.1) is 0 Å². The topological polar surface area (TPSA) is 12.0 Å². The Morgan fingerprint density at radius 1 is 1.27 bits per heavy atom. The summed E-state index contributed by atoms with van der Waals surface area (Å²) in [5.41, 5.74) is 0.791. The van der Waals surface area contributed by atoms with E-state index in [-0.39, 0.29) is 0 Å². The first-order valence-electron chi connectivity index (χ1n) is 4.97. The molecule has 1 rings (SSSR count). The molecular weight excluding hydrogens is 134 g/mol. The van der Waals surface area contributed by atoms with Crippen molar-refractivity contribution in [3.05, 3.63) is 0 Å². The van der Waals surface area contributed by atoms with Crippen LogP contribution in [0.25, 0.3) is 0 Å². The lowest BCUT2D eigenvalue weighted by Crippen LogP contribution is -2.13. The average Bonchev–Trinajstić information content (AvgIpc) is 2.79. The van der Waals surface area contributed by atoms with Crippen LogP contribution >= 0.6 is 0 Å². The summed E-state index contributed by atoms with van der Waals surface area (Å²) >= 11 is 0. The second kappa shape index (κ2) is 4.10. The number of unbranched alkanes of at least 4 members (excludes halogenated alkanes) is 1. The molecule has 0 aromatic heterocycles. The van der Waals surface area contributed by atoms with Gasteiger partial charge in [-0.1, -0.05) is 19.8 Å². The van der Waals surface area contributed by atoms with E-state index in [0.29, 0.717) is 0 Å². The van der Waals surface area contributed by atoms with Crippen molar-refractivity contribution >= 4 is 0 Å². The van der Waals surface area contributed by atoms with Gasteiger partial charge in [0.1, 0.15) is 0 Å². The zero-order valence-corrected chi connectivity index (χ0v) is 7.95. The Hall–Kier alpha value is -0.0400. The number of hydrogen-bond acceptors (Lipinski definition) is 1. The molecule has 11 heavy (non-hydrogen) atoms. The van der Waals surface area contributed by atoms with E-state index in [9.17, 15) is 0 Å². The Kier molecular flexibility index (Phi) is 3.38. The zero-order chi connectivity index (χ0) is 8.16. The van der Waals surface area contributed by atoms with Crippen LogP contribution in [0, 0.1) is 5.41 Å². The summed E-state index contributed by atoms with van der Waals surface area (Å²) in [5, 5.41) is 3.24. The quantitative estimate of drug-likeness (QED) is 0.621. The third kappa shape index (κ3) is 2.82. The van der Waals surface area contributed by atoms with Gasteiger partial charge in [0.2, 0.25) is 0 Å². The molecule has 0 saturated heterocycles. The molecule has 0 heterocycles. The summed E-state index contributed by atoms with van der Waals surface area (Å²) < 4.78 is 0. The van der Waals surface area contributed by atoms with Gasteiger partial charge in [0.25, 0.3) is 0 Å². The highest BCUT2D eigenvalue weighted by Crippen LogP contribution is 2.52. The van der Waals surface area contributed by atoms with Gasteiger partial charge in [0.15, 0.2) is 0 Å². The van der Waals surface area contributed by atoms with Crippen LogP contribution in [0.1, 0.15) is 45.4 Å². The molecule has 66 valence electrons. The predicted molar refractivity (Wildman–Crippen MR) is 49.7 cm³/mol. The first-order valence-corrected chi connectivity index (χ1v) is 4.97. The van der Waals surface area contributed by atoms with Crippen molar-refractivity contribution in [1.29, 1.82) is 0 Å². The highest BCUT2D eigenvalue weighted by molar-refractivity contribution is 4.92. The second-order valence-corrected chi connectivity index (χ2v) is 3.96. The smallest absolute Gasteiger partial charge is 0.00466 e. The minimum atomic E-state index is 0.791. The molecule has 0 unspecified atom stereocenters. The molecule has 1 fully saturated rings. The van der Waals surface area contributed by atoms with Crippen molar-refractivity contribution in [3.63, 3.8) is 0 Å². The van der Waals surface area contributed by atoms with Gasteiger partial charge >= 0.3 is 0 Å². The lowest BCUT2D eigenvalue weighted by Gasteiger charge is -2.13. The fourth-order valence-corrected chi connectivity index (χ4v) is 1.74. The molecule has 1 aliphatic rings. The SMILES string of the molecule is CCCCC1(CCNC)CC1. The number of rotatable bonds is 6. The third-order valence-corrected chi connectivity index (χ3v) is 2.92. The van der Waals surface area contributed by atoms with Crippen LogP contribution in [0.15, 0.2) is 0 Å². The fraction of sp³-hybridized carbons (Fsp3) is 1.00. The van der Waals surface area contributed by atoms with Crippen LogP contribution in [0.2, 0.25) is 0 Å². The summed E-state index contributed by atoms with van der Waals surface area (Å²) in [5.74, 6) is 0. The molecule has 0 atom stereocenters. The molecular formula is C10H21N. The minimum absolute atomic E-state index is 0.791. The monoisotopic (exact) mass is 155 g/mol. The van der Waals surface area contributed by atoms with Crippen LogP contribution in [0.3, 0.4) is 0 Å². The first-order chi connectivity index (χ1) is 5.33. The zero-order valence-electron chi connectivity index (χ0n) is 7.95. The molecule has 0 spiro atoms. The van der Waals surface area contributed by atoms with E-state index in [1.54, 1.807) is 0 Å². The minimum Gasteiger partial charge on any atom is -0.320 e. The summed E-state index contributed by atoms with van der Waals surface area (Å²) in [4.78, 5) is 0. The van der Waals surface area contributed by atoms with Gasteiger partial charge in [0.05, 0.1) is 0 Å². The molecule has 1 saturated carbocycles. The van der Waals surface area contributed by atoms with Gasteiger partial charge in [0, 0.05) is 0 Å². The lowest BCUT2D eigenvalue weighted by atomic mass is 9.95. The summed E-state index contributed by atoms with van der Waals surface area (Å²) in [6.07, 6.45) is 8.67. The normalized spacial score (nSPS) is 20.2. The highest BCUT2D eigenvalue weighted by atomic mass is 14.8. The van der Waals surface area contributed by atoms with Crippen molar-refractivity contribution in [1.82, 2.24) is 5.32 Å². The Morgan fingerprint density at radius 2 is 2.00 bits per heavy atom. The van der Waals surface area contributed by atoms with E-state index < -0.39 is 0 Å². The van der Waals surface area contributed by atoms with Crippen LogP contribution in [-0.2, 0) is 0 Å². The van der Waals surface area contributed by atoms with Crippen LogP contribution in [0.4, 0.5) is 0 Å². The molecule has 0 amide bonds. The van der Waals surface area contributed by atoms with Gasteiger partial charge in [-0.05, 0) is 44.7 Å². The van der Waals surface area contributed by atoms with Crippen LogP contribution in [0.5, 0.6) is 0 Å². The van der Waals surface area contributed by atoms with E-state index in [0.717, 1.165) is 5.41 Å². The van der Waals surface area contributed by atoms with Crippen molar-refractivity contribution in [2.75, 3.05) is 13.6 Å². The van der Waals surface area contributed by atoms with E-state index in [1.807, 2.05) is 0 Å². The predicted octanol–water partition coefficient (Wildman–Crippen LogP) is 2.57. The largest absolute Gasteiger partial charge is 0.320 e. The van der Waals surface area contributed by atoms with E-state index in [4.69, 9.17) is 0 Å². The highest BCUT2D eigenvalue weighted by Gasteiger charge is 2.40. The molecule has 1 N–H and O–H groups in total. The van der Waals surface area contributed by atoms with Crippen LogP contribution in [-0.4, -0.2) is 13.6 Å². The molecule has 0 aliphatic heterocycles. The van der Waals surface area contributed by atoms with Gasteiger partial charge in [-0.3, -0.25) is 0 Å². The molecule has 0 aromatic rings. The first kappa shape index (κ1) is 9.05. The third-order valence-electron chi connectivity index (χ3n) is 2.92. The number of hydrogen-bond donors (Lipinski definition) is 1. The number of nitrogens with one attached hydrogen (secondary N) is 1. The van der Waals surface area contributed by atoms with Gasteiger partial charge in [-0.2, -0.15) is 0 Å². The van der Waals surface area contributed by atoms with E-state index >= 15 is 0 Å². The van der Waals surface area contributed by atoms with Gasteiger partial charge < -0.3 is 5.32 Å².